The molecule has 5 rings (SSSR count). The van der Waals surface area contributed by atoms with Crippen LogP contribution in [0.15, 0.2) is 74.1 Å². The zero-order valence-electron chi connectivity index (χ0n) is 18.9. The van der Waals surface area contributed by atoms with Gasteiger partial charge in [-0.25, -0.2) is 9.36 Å². The zero-order chi connectivity index (χ0) is 23.8. The molecule has 0 aliphatic rings. The monoisotopic (exact) mass is 474 g/mol. The van der Waals surface area contributed by atoms with Crippen molar-refractivity contribution in [2.24, 2.45) is 0 Å². The van der Waals surface area contributed by atoms with Crippen LogP contribution in [0.2, 0.25) is 0 Å². The molecule has 0 unspecified atom stereocenters. The average Bonchev–Trinajstić information content (AvgIpc) is 3.48. The maximum Gasteiger partial charge on any atom is 0.336 e. The Hall–Kier alpha value is -3.98. The van der Waals surface area contributed by atoms with E-state index < -0.39 is 5.69 Å². The Morgan fingerprint density at radius 3 is 2.56 bits per heavy atom. The normalized spacial score (nSPS) is 11.4. The minimum absolute atomic E-state index is 0.0414. The van der Waals surface area contributed by atoms with Gasteiger partial charge >= 0.3 is 5.69 Å². The van der Waals surface area contributed by atoms with Gasteiger partial charge in [0, 0.05) is 5.56 Å². The number of nitrogens with zero attached hydrogens (tertiary/aromatic N) is 4. The highest BCUT2D eigenvalue weighted by molar-refractivity contribution is 7.17. The van der Waals surface area contributed by atoms with E-state index in [9.17, 15) is 9.59 Å². The number of para-hydroxylation sites is 1. The number of hydrogen-bond acceptors (Lipinski definition) is 7. The van der Waals surface area contributed by atoms with Crippen molar-refractivity contribution < 1.29 is 9.26 Å². The highest BCUT2D eigenvalue weighted by atomic mass is 32.1. The Morgan fingerprint density at radius 1 is 1.06 bits per heavy atom. The number of aryl methyl sites for hydroxylation is 1. The lowest BCUT2D eigenvalue weighted by Gasteiger charge is -2.12. The Labute approximate surface area is 198 Å². The van der Waals surface area contributed by atoms with E-state index in [-0.39, 0.29) is 24.1 Å². The van der Waals surface area contributed by atoms with Crippen LogP contribution in [0.25, 0.3) is 27.3 Å². The van der Waals surface area contributed by atoms with Crippen LogP contribution in [-0.2, 0) is 6.54 Å². The fraction of sp³-hybridized carbons (Fsp3) is 0.200. The standard InChI is InChI=1S/C25H22N4O4S/c1-15(2)32-18-10-8-17(9-11-18)23-26-21(33-27-23)14-28-20-12-13-34-22(20)24(30)29(25(28)31)19-7-5-4-6-16(19)3/h4-13,15H,14H2,1-3H3. The van der Waals surface area contributed by atoms with Crippen molar-refractivity contribution in [3.05, 3.63) is 92.3 Å². The molecule has 0 bridgehead atoms. The topological polar surface area (TPSA) is 92.2 Å². The Bertz CT molecular complexity index is 1590. The lowest BCUT2D eigenvalue weighted by atomic mass is 10.2. The molecule has 2 aromatic carbocycles. The minimum Gasteiger partial charge on any atom is -0.491 e. The Morgan fingerprint density at radius 2 is 1.82 bits per heavy atom. The number of rotatable bonds is 6. The van der Waals surface area contributed by atoms with Crippen LogP contribution < -0.4 is 16.0 Å². The second-order valence-corrected chi connectivity index (χ2v) is 9.05. The molecule has 0 saturated carbocycles. The van der Waals surface area contributed by atoms with E-state index in [0.29, 0.717) is 21.7 Å². The van der Waals surface area contributed by atoms with Gasteiger partial charge < -0.3 is 9.26 Å². The second kappa shape index (κ2) is 8.75. The highest BCUT2D eigenvalue weighted by Gasteiger charge is 2.19. The molecular weight excluding hydrogens is 452 g/mol. The lowest BCUT2D eigenvalue weighted by molar-refractivity contribution is 0.242. The summed E-state index contributed by atoms with van der Waals surface area (Å²) < 4.78 is 14.3. The second-order valence-electron chi connectivity index (χ2n) is 8.13. The SMILES string of the molecule is Cc1ccccc1-n1c(=O)c2sccc2n(Cc2nc(-c3ccc(OC(C)C)cc3)no2)c1=O. The van der Waals surface area contributed by atoms with Gasteiger partial charge in [-0.2, -0.15) is 4.98 Å². The summed E-state index contributed by atoms with van der Waals surface area (Å²) in [6.45, 7) is 5.84. The Kier molecular flexibility index (Phi) is 5.62. The number of ether oxygens (including phenoxy) is 1. The molecule has 34 heavy (non-hydrogen) atoms. The largest absolute Gasteiger partial charge is 0.491 e. The molecule has 0 atom stereocenters. The van der Waals surface area contributed by atoms with Gasteiger partial charge in [-0.3, -0.25) is 9.36 Å². The maximum atomic E-state index is 13.5. The Balaban J connectivity index is 1.54. The molecule has 0 spiro atoms. The summed E-state index contributed by atoms with van der Waals surface area (Å²) in [6.07, 6.45) is 0.0813. The van der Waals surface area contributed by atoms with Crippen molar-refractivity contribution in [1.82, 2.24) is 19.3 Å². The first-order valence-corrected chi connectivity index (χ1v) is 11.7. The van der Waals surface area contributed by atoms with Crippen LogP contribution >= 0.6 is 11.3 Å². The number of thiophene rings is 1. The van der Waals surface area contributed by atoms with Crippen LogP contribution in [0.5, 0.6) is 5.75 Å². The number of aromatic nitrogens is 4. The first kappa shape index (κ1) is 21.8. The van der Waals surface area contributed by atoms with Crippen molar-refractivity contribution >= 4 is 21.6 Å². The van der Waals surface area contributed by atoms with E-state index in [1.165, 1.54) is 20.5 Å². The molecule has 9 heteroatoms. The third-order valence-corrected chi connectivity index (χ3v) is 6.25. The molecule has 0 saturated heterocycles. The molecule has 3 aromatic heterocycles. The number of hydrogen-bond donors (Lipinski definition) is 0. The van der Waals surface area contributed by atoms with Gasteiger partial charge in [0.2, 0.25) is 11.7 Å². The molecule has 0 amide bonds. The van der Waals surface area contributed by atoms with E-state index >= 15 is 0 Å². The lowest BCUT2D eigenvalue weighted by Crippen LogP contribution is -2.39. The fourth-order valence-electron chi connectivity index (χ4n) is 3.79. The molecule has 8 nitrogen and oxygen atoms in total. The van der Waals surface area contributed by atoms with Gasteiger partial charge in [-0.05, 0) is 68.1 Å². The predicted molar refractivity (Wildman–Crippen MR) is 131 cm³/mol. The van der Waals surface area contributed by atoms with Gasteiger partial charge in [0.1, 0.15) is 17.0 Å². The summed E-state index contributed by atoms with van der Waals surface area (Å²) in [6, 6.07) is 16.5. The van der Waals surface area contributed by atoms with E-state index in [4.69, 9.17) is 9.26 Å². The average molecular weight is 475 g/mol. The maximum absolute atomic E-state index is 13.5. The quantitative estimate of drug-likeness (QED) is 0.362. The smallest absolute Gasteiger partial charge is 0.336 e. The van der Waals surface area contributed by atoms with Gasteiger partial charge in [0.25, 0.3) is 5.56 Å². The van der Waals surface area contributed by atoms with Gasteiger partial charge in [-0.15, -0.1) is 11.3 Å². The van der Waals surface area contributed by atoms with E-state index in [1.54, 1.807) is 23.6 Å². The molecule has 0 radical (unpaired) electrons. The van der Waals surface area contributed by atoms with Crippen LogP contribution in [-0.4, -0.2) is 25.4 Å². The van der Waals surface area contributed by atoms with Crippen LogP contribution in [0, 0.1) is 6.92 Å². The number of benzene rings is 2. The summed E-state index contributed by atoms with van der Waals surface area (Å²) >= 11 is 1.30. The van der Waals surface area contributed by atoms with Gasteiger partial charge in [0.15, 0.2) is 0 Å². The van der Waals surface area contributed by atoms with Gasteiger partial charge in [-0.1, -0.05) is 23.4 Å². The summed E-state index contributed by atoms with van der Waals surface area (Å²) in [7, 11) is 0. The summed E-state index contributed by atoms with van der Waals surface area (Å²) in [4.78, 5) is 31.1. The molecule has 0 N–H and O–H groups in total. The third kappa shape index (κ3) is 3.94. The molecule has 0 fully saturated rings. The third-order valence-electron chi connectivity index (χ3n) is 5.36. The highest BCUT2D eigenvalue weighted by Crippen LogP contribution is 2.22. The first-order chi connectivity index (χ1) is 16.4. The van der Waals surface area contributed by atoms with E-state index in [0.717, 1.165) is 16.9 Å². The van der Waals surface area contributed by atoms with Crippen LogP contribution in [0.1, 0.15) is 25.3 Å². The number of fused-ring (bicyclic) bond motifs is 1. The van der Waals surface area contributed by atoms with E-state index in [1.807, 2.05) is 57.2 Å². The zero-order valence-corrected chi connectivity index (χ0v) is 19.7. The van der Waals surface area contributed by atoms with Gasteiger partial charge in [0.05, 0.1) is 17.3 Å². The summed E-state index contributed by atoms with van der Waals surface area (Å²) in [5.41, 5.74) is 1.89. The first-order valence-electron chi connectivity index (χ1n) is 10.8. The van der Waals surface area contributed by atoms with Crippen LogP contribution in [0.4, 0.5) is 0 Å². The van der Waals surface area contributed by atoms with Crippen molar-refractivity contribution in [2.75, 3.05) is 0 Å². The summed E-state index contributed by atoms with van der Waals surface area (Å²) in [5, 5.41) is 5.87. The predicted octanol–water partition coefficient (Wildman–Crippen LogP) is 4.41. The van der Waals surface area contributed by atoms with Crippen molar-refractivity contribution in [1.29, 1.82) is 0 Å². The molecular formula is C25H22N4O4S. The molecule has 5 aromatic rings. The molecule has 0 aliphatic carbocycles. The molecule has 172 valence electrons. The fourth-order valence-corrected chi connectivity index (χ4v) is 4.62. The van der Waals surface area contributed by atoms with Crippen molar-refractivity contribution in [2.45, 2.75) is 33.4 Å². The summed E-state index contributed by atoms with van der Waals surface area (Å²) in [5.74, 6) is 1.43. The van der Waals surface area contributed by atoms with Crippen LogP contribution in [0.3, 0.4) is 0 Å². The molecule has 0 aliphatic heterocycles. The van der Waals surface area contributed by atoms with Crippen molar-refractivity contribution in [3.63, 3.8) is 0 Å². The van der Waals surface area contributed by atoms with Crippen molar-refractivity contribution in [3.8, 4) is 22.8 Å². The molecule has 3 heterocycles. The van der Waals surface area contributed by atoms with E-state index in [2.05, 4.69) is 10.1 Å². The minimum atomic E-state index is -0.458.